The molecule has 4 aromatic rings. The summed E-state index contributed by atoms with van der Waals surface area (Å²) in [6.07, 6.45) is -2.26. The molecule has 2 amide bonds. The first-order valence-corrected chi connectivity index (χ1v) is 14.7. The Bertz CT molecular complexity index is 1610. The van der Waals surface area contributed by atoms with E-state index in [0.29, 0.717) is 16.7 Å². The Labute approximate surface area is 252 Å². The average Bonchev–Trinajstić information content (AvgIpc) is 3.43. The summed E-state index contributed by atoms with van der Waals surface area (Å²) in [7, 11) is 0. The van der Waals surface area contributed by atoms with Gasteiger partial charge in [-0.3, -0.25) is 0 Å². The third-order valence-corrected chi connectivity index (χ3v) is 7.99. The number of aryl methyl sites for hydroxylation is 3. The van der Waals surface area contributed by atoms with Crippen LogP contribution in [0.3, 0.4) is 0 Å². The molecule has 1 aliphatic heterocycles. The van der Waals surface area contributed by atoms with Gasteiger partial charge in [0, 0.05) is 23.5 Å². The molecule has 0 saturated carbocycles. The van der Waals surface area contributed by atoms with Crippen LogP contribution >= 0.6 is 11.8 Å². The Morgan fingerprint density at radius 3 is 2.37 bits per heavy atom. The Balaban J connectivity index is 1.24. The maximum absolute atomic E-state index is 13.0. The molecule has 1 N–H and O–H groups in total. The number of amidine groups is 1. The van der Waals surface area contributed by atoms with Gasteiger partial charge in [-0.25, -0.2) is 14.5 Å². The summed E-state index contributed by atoms with van der Waals surface area (Å²) in [6, 6.07) is 16.4. The van der Waals surface area contributed by atoms with Crippen molar-refractivity contribution in [3.05, 3.63) is 89.2 Å². The fourth-order valence-corrected chi connectivity index (χ4v) is 6.03. The van der Waals surface area contributed by atoms with Crippen molar-refractivity contribution in [1.82, 2.24) is 20.1 Å². The standard InChI is InChI=1S/C31H31F3N6O2S/c1-19-16-20(2)27(21(3)17-19)39-14-5-15-43-30(39)37-29(41)36-22(4)23-6-8-24(9-7-23)28-35-18-40(38-28)25-10-12-26(13-11-25)42-31(32,33)34/h6-13,16-18,22H,5,14-15H2,1-4H3,(H,36,41). The molecule has 0 radical (unpaired) electrons. The summed E-state index contributed by atoms with van der Waals surface area (Å²) in [5, 5.41) is 8.11. The number of benzene rings is 3. The minimum absolute atomic E-state index is 0.293. The zero-order valence-corrected chi connectivity index (χ0v) is 25.0. The van der Waals surface area contributed by atoms with E-state index in [1.54, 1.807) is 11.8 Å². The summed E-state index contributed by atoms with van der Waals surface area (Å²) >= 11 is 1.59. The van der Waals surface area contributed by atoms with Crippen molar-refractivity contribution < 1.29 is 22.7 Å². The molecular formula is C31H31F3N6O2S. The predicted octanol–water partition coefficient (Wildman–Crippen LogP) is 7.53. The summed E-state index contributed by atoms with van der Waals surface area (Å²) in [5.41, 5.74) is 6.80. The van der Waals surface area contributed by atoms with Crippen molar-refractivity contribution in [2.75, 3.05) is 17.2 Å². The molecule has 0 bridgehead atoms. The highest BCUT2D eigenvalue weighted by molar-refractivity contribution is 8.14. The number of hydrogen-bond acceptors (Lipinski definition) is 5. The van der Waals surface area contributed by atoms with Crippen LogP contribution in [0.2, 0.25) is 0 Å². The number of carbonyl (C=O) groups excluding carboxylic acids is 1. The molecule has 0 aliphatic carbocycles. The van der Waals surface area contributed by atoms with Crippen LogP contribution in [0, 0.1) is 20.8 Å². The number of carbonyl (C=O) groups is 1. The topological polar surface area (TPSA) is 84.6 Å². The summed E-state index contributed by atoms with van der Waals surface area (Å²) < 4.78 is 42.6. The molecule has 8 nitrogen and oxygen atoms in total. The third kappa shape index (κ3) is 7.37. The van der Waals surface area contributed by atoms with Gasteiger partial charge in [0.15, 0.2) is 11.0 Å². The number of aromatic nitrogens is 3. The molecule has 1 fully saturated rings. The monoisotopic (exact) mass is 608 g/mol. The van der Waals surface area contributed by atoms with Crippen LogP contribution in [0.15, 0.2) is 72.0 Å². The number of nitrogens with one attached hydrogen (secondary N) is 1. The number of halogens is 3. The lowest BCUT2D eigenvalue weighted by Crippen LogP contribution is -2.37. The number of thioether (sulfide) groups is 1. The van der Waals surface area contributed by atoms with Gasteiger partial charge in [-0.2, -0.15) is 4.99 Å². The highest BCUT2D eigenvalue weighted by Crippen LogP contribution is 2.32. The third-order valence-electron chi connectivity index (χ3n) is 6.93. The van der Waals surface area contributed by atoms with Gasteiger partial charge in [-0.1, -0.05) is 53.7 Å². The van der Waals surface area contributed by atoms with E-state index in [1.165, 1.54) is 40.8 Å². The first kappa shape index (κ1) is 30.1. The first-order valence-electron chi connectivity index (χ1n) is 13.7. The zero-order chi connectivity index (χ0) is 30.7. The first-order chi connectivity index (χ1) is 20.5. The van der Waals surface area contributed by atoms with E-state index < -0.39 is 12.4 Å². The van der Waals surface area contributed by atoms with Crippen LogP contribution in [0.25, 0.3) is 17.1 Å². The van der Waals surface area contributed by atoms with Crippen LogP contribution in [-0.4, -0.2) is 44.6 Å². The second-order valence-corrected chi connectivity index (χ2v) is 11.4. The number of urea groups is 1. The van der Waals surface area contributed by atoms with E-state index in [2.05, 4.69) is 62.9 Å². The van der Waals surface area contributed by atoms with E-state index in [9.17, 15) is 18.0 Å². The van der Waals surface area contributed by atoms with Gasteiger partial charge in [0.1, 0.15) is 12.1 Å². The Morgan fingerprint density at radius 2 is 1.72 bits per heavy atom. The van der Waals surface area contributed by atoms with Crippen LogP contribution < -0.4 is 15.0 Å². The Hall–Kier alpha value is -4.32. The van der Waals surface area contributed by atoms with Gasteiger partial charge in [0.25, 0.3) is 0 Å². The van der Waals surface area contributed by atoms with Crippen molar-refractivity contribution in [1.29, 1.82) is 0 Å². The van der Waals surface area contributed by atoms with Crippen LogP contribution in [0.5, 0.6) is 5.75 Å². The van der Waals surface area contributed by atoms with Gasteiger partial charge in [0.2, 0.25) is 0 Å². The van der Waals surface area contributed by atoms with Crippen LogP contribution in [0.1, 0.15) is 41.6 Å². The van der Waals surface area contributed by atoms with E-state index in [0.717, 1.165) is 46.7 Å². The number of rotatable bonds is 6. The molecule has 1 atom stereocenters. The summed E-state index contributed by atoms with van der Waals surface area (Å²) in [6.45, 7) is 8.96. The summed E-state index contributed by atoms with van der Waals surface area (Å²) in [4.78, 5) is 23.9. The number of alkyl halides is 3. The Kier molecular flexibility index (Phi) is 8.77. The maximum atomic E-state index is 13.0. The SMILES string of the molecule is Cc1cc(C)c(N2CCCSC2=NC(=O)NC(C)c2ccc(-c3ncn(-c4ccc(OC(F)(F)F)cc4)n3)cc2)c(C)c1. The minimum Gasteiger partial charge on any atom is -0.406 e. The second kappa shape index (κ2) is 12.5. The largest absolute Gasteiger partial charge is 0.573 e. The van der Waals surface area contributed by atoms with Gasteiger partial charge < -0.3 is 15.0 Å². The van der Waals surface area contributed by atoms with E-state index >= 15 is 0 Å². The van der Waals surface area contributed by atoms with Crippen LogP contribution in [-0.2, 0) is 0 Å². The number of amides is 2. The molecule has 2 heterocycles. The fraction of sp³-hybridized carbons (Fsp3) is 0.290. The lowest BCUT2D eigenvalue weighted by Gasteiger charge is -2.32. The normalized spacial score (nSPS) is 15.4. The summed E-state index contributed by atoms with van der Waals surface area (Å²) in [5.74, 6) is 1.04. The van der Waals surface area contributed by atoms with Crippen molar-refractivity contribution in [2.45, 2.75) is 46.5 Å². The van der Waals surface area contributed by atoms with Gasteiger partial charge in [0.05, 0.1) is 11.7 Å². The number of nitrogens with zero attached hydrogens (tertiary/aromatic N) is 5. The smallest absolute Gasteiger partial charge is 0.406 e. The van der Waals surface area contributed by atoms with Gasteiger partial charge >= 0.3 is 12.4 Å². The van der Waals surface area contributed by atoms with E-state index in [4.69, 9.17) is 0 Å². The van der Waals surface area contributed by atoms with Crippen molar-refractivity contribution in [2.24, 2.45) is 4.99 Å². The van der Waals surface area contributed by atoms with Crippen molar-refractivity contribution in [3.63, 3.8) is 0 Å². The van der Waals surface area contributed by atoms with Crippen molar-refractivity contribution in [3.8, 4) is 22.8 Å². The van der Waals surface area contributed by atoms with E-state index in [-0.39, 0.29) is 11.8 Å². The lowest BCUT2D eigenvalue weighted by atomic mass is 10.0. The number of anilines is 1. The molecule has 1 aromatic heterocycles. The number of hydrogen-bond donors (Lipinski definition) is 1. The second-order valence-electron chi connectivity index (χ2n) is 10.3. The minimum atomic E-state index is -4.75. The molecule has 0 spiro atoms. The molecule has 224 valence electrons. The molecule has 5 rings (SSSR count). The highest BCUT2D eigenvalue weighted by Gasteiger charge is 2.31. The zero-order valence-electron chi connectivity index (χ0n) is 24.1. The fourth-order valence-electron chi connectivity index (χ4n) is 5.09. The van der Waals surface area contributed by atoms with E-state index in [1.807, 2.05) is 31.2 Å². The molecular weight excluding hydrogens is 577 g/mol. The number of aliphatic imine (C=N–C) groups is 1. The molecule has 3 aromatic carbocycles. The number of ether oxygens (including phenoxy) is 1. The molecule has 43 heavy (non-hydrogen) atoms. The molecule has 1 unspecified atom stereocenters. The lowest BCUT2D eigenvalue weighted by molar-refractivity contribution is -0.274. The maximum Gasteiger partial charge on any atom is 0.573 e. The quantitative estimate of drug-likeness (QED) is 0.244. The average molecular weight is 609 g/mol. The van der Waals surface area contributed by atoms with Crippen LogP contribution in [0.4, 0.5) is 23.7 Å². The molecule has 1 saturated heterocycles. The molecule has 1 aliphatic rings. The predicted molar refractivity (Wildman–Crippen MR) is 163 cm³/mol. The van der Waals surface area contributed by atoms with Crippen molar-refractivity contribution >= 4 is 28.6 Å². The van der Waals surface area contributed by atoms with Gasteiger partial charge in [-0.05, 0) is 75.1 Å². The van der Waals surface area contributed by atoms with Gasteiger partial charge in [-0.15, -0.1) is 18.3 Å². The highest BCUT2D eigenvalue weighted by atomic mass is 32.2. The molecule has 12 heteroatoms. The Morgan fingerprint density at radius 1 is 1.05 bits per heavy atom.